The molecule has 0 saturated carbocycles. The Bertz CT molecular complexity index is 251. The van der Waals surface area contributed by atoms with Gasteiger partial charge in [-0.1, -0.05) is 6.58 Å². The van der Waals surface area contributed by atoms with Gasteiger partial charge in [-0.3, -0.25) is 4.68 Å². The second-order valence-electron chi connectivity index (χ2n) is 2.26. The molecule has 0 atom stereocenters. The highest BCUT2D eigenvalue weighted by Crippen LogP contribution is 2.04. The topological polar surface area (TPSA) is 41.9 Å². The average Bonchev–Trinajstić information content (AvgIpc) is 2.35. The molecule has 1 heterocycles. The molecule has 0 amide bonds. The van der Waals surface area contributed by atoms with Crippen LogP contribution in [0.1, 0.15) is 0 Å². The molecule has 1 aromatic rings. The molecule has 4 heteroatoms. The zero-order valence-corrected chi connectivity index (χ0v) is 6.76. The number of aryl methyl sites for hydroxylation is 1. The maximum absolute atomic E-state index is 3.99. The van der Waals surface area contributed by atoms with Crippen molar-refractivity contribution in [3.63, 3.8) is 0 Å². The van der Waals surface area contributed by atoms with Crippen molar-refractivity contribution in [2.24, 2.45) is 7.05 Å². The summed E-state index contributed by atoms with van der Waals surface area (Å²) in [5.74, 6) is 0.762. The van der Waals surface area contributed by atoms with E-state index in [1.165, 1.54) is 0 Å². The standard InChI is InChI=1S/C7H12N4/c1-6(8-2)10-7-4-9-11(3)5-7/h4-5,8,10H,1H2,2-3H3. The van der Waals surface area contributed by atoms with Gasteiger partial charge in [0.25, 0.3) is 0 Å². The van der Waals surface area contributed by atoms with Gasteiger partial charge in [-0.15, -0.1) is 0 Å². The lowest BCUT2D eigenvalue weighted by atomic mass is 10.5. The fraction of sp³-hybridized carbons (Fsp3) is 0.286. The highest BCUT2D eigenvalue weighted by Gasteiger charge is 1.94. The molecular weight excluding hydrogens is 140 g/mol. The van der Waals surface area contributed by atoms with Crippen molar-refractivity contribution in [3.8, 4) is 0 Å². The summed E-state index contributed by atoms with van der Waals surface area (Å²) in [6, 6.07) is 0. The van der Waals surface area contributed by atoms with Crippen molar-refractivity contribution in [3.05, 3.63) is 24.8 Å². The molecule has 0 bridgehead atoms. The number of aromatic nitrogens is 2. The molecule has 0 fully saturated rings. The van der Waals surface area contributed by atoms with E-state index in [1.807, 2.05) is 20.3 Å². The van der Waals surface area contributed by atoms with E-state index in [4.69, 9.17) is 0 Å². The highest BCUT2D eigenvalue weighted by atomic mass is 15.3. The highest BCUT2D eigenvalue weighted by molar-refractivity contribution is 5.43. The van der Waals surface area contributed by atoms with Gasteiger partial charge >= 0.3 is 0 Å². The third-order valence-corrected chi connectivity index (χ3v) is 1.30. The van der Waals surface area contributed by atoms with Crippen LogP contribution in [0.4, 0.5) is 5.69 Å². The van der Waals surface area contributed by atoms with Crippen molar-refractivity contribution in [2.45, 2.75) is 0 Å². The Hall–Kier alpha value is -1.45. The largest absolute Gasteiger partial charge is 0.375 e. The van der Waals surface area contributed by atoms with Gasteiger partial charge in [0.2, 0.25) is 0 Å². The zero-order chi connectivity index (χ0) is 8.27. The summed E-state index contributed by atoms with van der Waals surface area (Å²) in [5.41, 5.74) is 0.937. The molecule has 0 aliphatic heterocycles. The molecule has 0 spiro atoms. The lowest BCUT2D eigenvalue weighted by Crippen LogP contribution is -2.12. The van der Waals surface area contributed by atoms with Crippen LogP contribution < -0.4 is 10.6 Å². The first-order valence-electron chi connectivity index (χ1n) is 3.34. The van der Waals surface area contributed by atoms with Gasteiger partial charge in [0.1, 0.15) is 0 Å². The van der Waals surface area contributed by atoms with Crippen LogP contribution in [-0.4, -0.2) is 16.8 Å². The number of hydrogen-bond donors (Lipinski definition) is 2. The minimum atomic E-state index is 0.762. The third-order valence-electron chi connectivity index (χ3n) is 1.30. The van der Waals surface area contributed by atoms with Gasteiger partial charge in [-0.25, -0.2) is 0 Å². The van der Waals surface area contributed by atoms with Crippen LogP contribution in [0, 0.1) is 0 Å². The number of rotatable bonds is 3. The van der Waals surface area contributed by atoms with Gasteiger partial charge in [-0.05, 0) is 0 Å². The Labute approximate surface area is 65.9 Å². The molecule has 11 heavy (non-hydrogen) atoms. The van der Waals surface area contributed by atoms with Crippen molar-refractivity contribution in [2.75, 3.05) is 12.4 Å². The van der Waals surface area contributed by atoms with Crippen LogP contribution >= 0.6 is 0 Å². The number of nitrogens with zero attached hydrogens (tertiary/aromatic N) is 2. The summed E-state index contributed by atoms with van der Waals surface area (Å²) in [4.78, 5) is 0. The smallest absolute Gasteiger partial charge is 0.0955 e. The predicted molar refractivity (Wildman–Crippen MR) is 45.0 cm³/mol. The Balaban J connectivity index is 2.57. The third kappa shape index (κ3) is 2.00. The molecule has 0 saturated heterocycles. The van der Waals surface area contributed by atoms with E-state index in [2.05, 4.69) is 22.3 Å². The van der Waals surface area contributed by atoms with Gasteiger partial charge in [-0.2, -0.15) is 5.10 Å². The Morgan fingerprint density at radius 1 is 1.73 bits per heavy atom. The van der Waals surface area contributed by atoms with Gasteiger partial charge in [0.15, 0.2) is 0 Å². The minimum Gasteiger partial charge on any atom is -0.375 e. The van der Waals surface area contributed by atoms with E-state index in [-0.39, 0.29) is 0 Å². The second kappa shape index (κ2) is 3.09. The van der Waals surface area contributed by atoms with Crippen LogP contribution in [0.25, 0.3) is 0 Å². The molecule has 0 aliphatic carbocycles. The van der Waals surface area contributed by atoms with Crippen LogP contribution in [0.5, 0.6) is 0 Å². The SMILES string of the molecule is C=C(NC)Nc1cnn(C)c1. The maximum atomic E-state index is 3.99. The van der Waals surface area contributed by atoms with E-state index in [0.717, 1.165) is 11.5 Å². The molecular formula is C7H12N4. The summed E-state index contributed by atoms with van der Waals surface area (Å²) in [7, 11) is 3.68. The number of nitrogens with one attached hydrogen (secondary N) is 2. The molecule has 0 radical (unpaired) electrons. The van der Waals surface area contributed by atoms with Crippen LogP contribution in [0.2, 0.25) is 0 Å². The normalized spacial score (nSPS) is 9.27. The summed E-state index contributed by atoms with van der Waals surface area (Å²) in [6.07, 6.45) is 3.62. The Morgan fingerprint density at radius 3 is 2.91 bits per heavy atom. The lowest BCUT2D eigenvalue weighted by Gasteiger charge is -2.04. The fourth-order valence-corrected chi connectivity index (χ4v) is 0.723. The minimum absolute atomic E-state index is 0.762. The van der Waals surface area contributed by atoms with Crippen molar-refractivity contribution in [1.82, 2.24) is 15.1 Å². The summed E-state index contributed by atoms with van der Waals surface area (Å²) >= 11 is 0. The van der Waals surface area contributed by atoms with Crippen LogP contribution in [0.3, 0.4) is 0 Å². The molecule has 60 valence electrons. The summed E-state index contributed by atoms with van der Waals surface area (Å²) in [5, 5.41) is 9.89. The van der Waals surface area contributed by atoms with Crippen molar-refractivity contribution < 1.29 is 0 Å². The van der Waals surface area contributed by atoms with E-state index in [0.29, 0.717) is 0 Å². The van der Waals surface area contributed by atoms with E-state index >= 15 is 0 Å². The van der Waals surface area contributed by atoms with Crippen LogP contribution in [0.15, 0.2) is 24.8 Å². The first-order valence-corrected chi connectivity index (χ1v) is 3.34. The number of hydrogen-bond acceptors (Lipinski definition) is 3. The predicted octanol–water partition coefficient (Wildman–Crippen LogP) is 0.523. The van der Waals surface area contributed by atoms with Crippen molar-refractivity contribution >= 4 is 5.69 Å². The average molecular weight is 152 g/mol. The van der Waals surface area contributed by atoms with Gasteiger partial charge in [0, 0.05) is 20.3 Å². The zero-order valence-electron chi connectivity index (χ0n) is 6.76. The molecule has 2 N–H and O–H groups in total. The van der Waals surface area contributed by atoms with Crippen molar-refractivity contribution in [1.29, 1.82) is 0 Å². The van der Waals surface area contributed by atoms with Gasteiger partial charge in [0.05, 0.1) is 17.7 Å². The second-order valence-corrected chi connectivity index (χ2v) is 2.26. The Kier molecular flexibility index (Phi) is 2.15. The number of anilines is 1. The lowest BCUT2D eigenvalue weighted by molar-refractivity contribution is 0.768. The van der Waals surface area contributed by atoms with Crippen LogP contribution in [-0.2, 0) is 7.05 Å². The molecule has 0 aliphatic rings. The molecule has 0 unspecified atom stereocenters. The molecule has 1 rings (SSSR count). The first-order chi connectivity index (χ1) is 5.22. The summed E-state index contributed by atoms with van der Waals surface area (Å²) in [6.45, 7) is 3.72. The fourth-order valence-electron chi connectivity index (χ4n) is 0.723. The molecule has 1 aromatic heterocycles. The van der Waals surface area contributed by atoms with Gasteiger partial charge < -0.3 is 10.6 Å². The van der Waals surface area contributed by atoms with E-state index < -0.39 is 0 Å². The first kappa shape index (κ1) is 7.65. The molecule has 0 aromatic carbocycles. The van der Waals surface area contributed by atoms with E-state index in [1.54, 1.807) is 10.9 Å². The quantitative estimate of drug-likeness (QED) is 0.663. The monoisotopic (exact) mass is 152 g/mol. The molecule has 4 nitrogen and oxygen atoms in total. The summed E-state index contributed by atoms with van der Waals surface area (Å²) < 4.78 is 1.73. The Morgan fingerprint density at radius 2 is 2.45 bits per heavy atom. The van der Waals surface area contributed by atoms with E-state index in [9.17, 15) is 0 Å². The maximum Gasteiger partial charge on any atom is 0.0955 e.